The molecule has 0 unspecified atom stereocenters. The molecule has 7 heteroatoms. The number of aromatic nitrogens is 2. The topological polar surface area (TPSA) is 52.0 Å². The predicted molar refractivity (Wildman–Crippen MR) is 71.9 cm³/mol. The van der Waals surface area contributed by atoms with Crippen LogP contribution in [0.2, 0.25) is 0 Å². The summed E-state index contributed by atoms with van der Waals surface area (Å²) in [7, 11) is 0. The lowest BCUT2D eigenvalue weighted by Crippen LogP contribution is -2.26. The third kappa shape index (κ3) is 3.03. The van der Waals surface area contributed by atoms with Crippen molar-refractivity contribution in [3.63, 3.8) is 0 Å². The fourth-order valence-electron chi connectivity index (χ4n) is 1.49. The van der Waals surface area contributed by atoms with E-state index in [0.29, 0.717) is 9.64 Å². The van der Waals surface area contributed by atoms with Crippen LogP contribution in [0.25, 0.3) is 0 Å². The smallest absolute Gasteiger partial charge is 0.267 e. The van der Waals surface area contributed by atoms with Crippen LogP contribution in [0.4, 0.5) is 8.78 Å². The standard InChI is InChI=1S/C12H7F2IN2O2/c13-7-1-2-8(9(14)3-7)11(18)5-17-6-16-4-10(15)12(17)19/h1-4,6H,5H2. The summed E-state index contributed by atoms with van der Waals surface area (Å²) in [6.07, 6.45) is 2.56. The molecule has 0 aliphatic rings. The highest BCUT2D eigenvalue weighted by atomic mass is 127. The van der Waals surface area contributed by atoms with Crippen LogP contribution in [0, 0.1) is 15.2 Å². The lowest BCUT2D eigenvalue weighted by Gasteiger charge is -2.05. The lowest BCUT2D eigenvalue weighted by molar-refractivity contribution is 0.0966. The molecule has 0 fully saturated rings. The normalized spacial score (nSPS) is 10.5. The highest BCUT2D eigenvalue weighted by molar-refractivity contribution is 14.1. The van der Waals surface area contributed by atoms with E-state index >= 15 is 0 Å². The van der Waals surface area contributed by atoms with Gasteiger partial charge in [-0.15, -0.1) is 0 Å². The van der Waals surface area contributed by atoms with Gasteiger partial charge in [-0.3, -0.25) is 14.2 Å². The molecule has 19 heavy (non-hydrogen) atoms. The first kappa shape index (κ1) is 13.8. The van der Waals surface area contributed by atoms with Gasteiger partial charge in [0.15, 0.2) is 5.78 Å². The van der Waals surface area contributed by atoms with E-state index in [4.69, 9.17) is 0 Å². The first-order chi connectivity index (χ1) is 8.99. The number of ketones is 1. The lowest BCUT2D eigenvalue weighted by atomic mass is 10.1. The SMILES string of the molecule is O=C(Cn1cncc(I)c1=O)c1ccc(F)cc1F. The fraction of sp³-hybridized carbons (Fsp3) is 0.0833. The van der Waals surface area contributed by atoms with Crippen LogP contribution in [0.15, 0.2) is 35.5 Å². The van der Waals surface area contributed by atoms with Gasteiger partial charge in [0.05, 0.1) is 22.0 Å². The summed E-state index contributed by atoms with van der Waals surface area (Å²) in [5, 5.41) is 0. The Morgan fingerprint density at radius 3 is 2.79 bits per heavy atom. The molecule has 0 saturated heterocycles. The van der Waals surface area contributed by atoms with Gasteiger partial charge in [0.2, 0.25) is 0 Å². The van der Waals surface area contributed by atoms with Gasteiger partial charge in [-0.2, -0.15) is 0 Å². The summed E-state index contributed by atoms with van der Waals surface area (Å²) in [4.78, 5) is 27.3. The molecule has 2 aromatic rings. The van der Waals surface area contributed by atoms with Crippen molar-refractivity contribution in [2.75, 3.05) is 0 Å². The van der Waals surface area contributed by atoms with Crippen molar-refractivity contribution in [3.8, 4) is 0 Å². The summed E-state index contributed by atoms with van der Waals surface area (Å²) < 4.78 is 27.6. The van der Waals surface area contributed by atoms with Crippen LogP contribution in [-0.4, -0.2) is 15.3 Å². The van der Waals surface area contributed by atoms with E-state index in [1.807, 2.05) is 0 Å². The maximum atomic E-state index is 13.4. The van der Waals surface area contributed by atoms with Gasteiger partial charge in [0, 0.05) is 12.3 Å². The van der Waals surface area contributed by atoms with Crippen molar-refractivity contribution < 1.29 is 13.6 Å². The number of hydrogen-bond donors (Lipinski definition) is 0. The van der Waals surface area contributed by atoms with Gasteiger partial charge in [-0.05, 0) is 34.7 Å². The average molecular weight is 376 g/mol. The molecule has 0 aliphatic heterocycles. The number of benzene rings is 1. The highest BCUT2D eigenvalue weighted by Crippen LogP contribution is 2.10. The van der Waals surface area contributed by atoms with Crippen molar-refractivity contribution in [3.05, 3.63) is 61.8 Å². The molecule has 0 N–H and O–H groups in total. The largest absolute Gasteiger partial charge is 0.292 e. The molecule has 1 aromatic carbocycles. The van der Waals surface area contributed by atoms with Crippen LogP contribution >= 0.6 is 22.6 Å². The minimum absolute atomic E-state index is 0.257. The first-order valence-electron chi connectivity index (χ1n) is 5.17. The van der Waals surface area contributed by atoms with Gasteiger partial charge >= 0.3 is 0 Å². The average Bonchev–Trinajstić information content (AvgIpc) is 2.34. The Morgan fingerprint density at radius 1 is 1.37 bits per heavy atom. The third-order valence-corrected chi connectivity index (χ3v) is 3.14. The molecule has 98 valence electrons. The zero-order chi connectivity index (χ0) is 14.0. The summed E-state index contributed by atoms with van der Waals surface area (Å²) in [6, 6.07) is 2.68. The van der Waals surface area contributed by atoms with E-state index in [0.717, 1.165) is 16.7 Å². The quantitative estimate of drug-likeness (QED) is 0.609. The molecule has 0 atom stereocenters. The van der Waals surface area contributed by atoms with Gasteiger partial charge in [0.25, 0.3) is 5.56 Å². The number of carbonyl (C=O) groups is 1. The predicted octanol–water partition coefficient (Wildman–Crippen LogP) is 2.01. The maximum absolute atomic E-state index is 13.4. The second-order valence-electron chi connectivity index (χ2n) is 3.72. The summed E-state index contributed by atoms with van der Waals surface area (Å²) in [6.45, 7) is -0.342. The van der Waals surface area contributed by atoms with Crippen LogP contribution in [0.3, 0.4) is 0 Å². The molecule has 2 rings (SSSR count). The molecule has 0 bridgehead atoms. The summed E-state index contributed by atoms with van der Waals surface area (Å²) in [5.41, 5.74) is -0.640. The zero-order valence-electron chi connectivity index (χ0n) is 9.44. The minimum atomic E-state index is -0.948. The number of carbonyl (C=O) groups excluding carboxylic acids is 1. The molecule has 0 aliphatic carbocycles. The molecule has 0 saturated carbocycles. The maximum Gasteiger partial charge on any atom is 0.267 e. The first-order valence-corrected chi connectivity index (χ1v) is 6.25. The van der Waals surface area contributed by atoms with Crippen molar-refractivity contribution >= 4 is 28.4 Å². The van der Waals surface area contributed by atoms with Crippen LogP contribution in [0.1, 0.15) is 10.4 Å². The molecule has 1 heterocycles. The van der Waals surface area contributed by atoms with Gasteiger partial charge in [-0.25, -0.2) is 13.8 Å². The second kappa shape index (κ2) is 5.55. The van der Waals surface area contributed by atoms with E-state index in [2.05, 4.69) is 4.98 Å². The molecular formula is C12H7F2IN2O2. The Hall–Kier alpha value is -1.64. The van der Waals surface area contributed by atoms with Crippen LogP contribution in [-0.2, 0) is 6.54 Å². The Labute approximate surface area is 120 Å². The number of Topliss-reactive ketones (excluding diaryl/α,β-unsaturated/α-hetero) is 1. The van der Waals surface area contributed by atoms with Crippen molar-refractivity contribution in [2.24, 2.45) is 0 Å². The fourth-order valence-corrected chi connectivity index (χ4v) is 1.96. The third-order valence-electron chi connectivity index (χ3n) is 2.40. The number of halogens is 3. The van der Waals surface area contributed by atoms with Gasteiger partial charge in [0.1, 0.15) is 11.6 Å². The molecule has 0 amide bonds. The second-order valence-corrected chi connectivity index (χ2v) is 4.88. The van der Waals surface area contributed by atoms with E-state index in [9.17, 15) is 18.4 Å². The number of nitrogens with zero attached hydrogens (tertiary/aromatic N) is 2. The van der Waals surface area contributed by atoms with E-state index in [-0.39, 0.29) is 17.7 Å². The zero-order valence-corrected chi connectivity index (χ0v) is 11.6. The Bertz CT molecular complexity index is 700. The van der Waals surface area contributed by atoms with Crippen molar-refractivity contribution in [1.82, 2.24) is 9.55 Å². The summed E-state index contributed by atoms with van der Waals surface area (Å²) in [5.74, 6) is -2.33. The minimum Gasteiger partial charge on any atom is -0.292 e. The number of hydrogen-bond acceptors (Lipinski definition) is 3. The van der Waals surface area contributed by atoms with E-state index in [1.54, 1.807) is 22.6 Å². The summed E-state index contributed by atoms with van der Waals surface area (Å²) >= 11 is 1.79. The molecule has 1 aromatic heterocycles. The molecule has 0 radical (unpaired) electrons. The van der Waals surface area contributed by atoms with Gasteiger partial charge < -0.3 is 0 Å². The molecule has 4 nitrogen and oxygen atoms in total. The van der Waals surface area contributed by atoms with Gasteiger partial charge in [-0.1, -0.05) is 0 Å². The monoisotopic (exact) mass is 376 g/mol. The highest BCUT2D eigenvalue weighted by Gasteiger charge is 2.14. The Morgan fingerprint density at radius 2 is 2.11 bits per heavy atom. The molecular weight excluding hydrogens is 369 g/mol. The van der Waals surface area contributed by atoms with E-state index in [1.165, 1.54) is 12.5 Å². The van der Waals surface area contributed by atoms with Crippen LogP contribution in [0.5, 0.6) is 0 Å². The molecule has 0 spiro atoms. The van der Waals surface area contributed by atoms with E-state index < -0.39 is 17.4 Å². The van der Waals surface area contributed by atoms with Crippen molar-refractivity contribution in [2.45, 2.75) is 6.54 Å². The Balaban J connectivity index is 2.31. The number of rotatable bonds is 3. The Kier molecular flexibility index (Phi) is 4.03. The van der Waals surface area contributed by atoms with Crippen molar-refractivity contribution in [1.29, 1.82) is 0 Å². The van der Waals surface area contributed by atoms with Crippen LogP contribution < -0.4 is 5.56 Å².